The van der Waals surface area contributed by atoms with Crippen LogP contribution in [0.25, 0.3) is 0 Å². The lowest BCUT2D eigenvalue weighted by molar-refractivity contribution is -0.150. The van der Waals surface area contributed by atoms with Crippen molar-refractivity contribution < 1.29 is 23.9 Å². The van der Waals surface area contributed by atoms with Gasteiger partial charge in [0.2, 0.25) is 5.91 Å². The van der Waals surface area contributed by atoms with Crippen LogP contribution in [0.3, 0.4) is 0 Å². The number of nitrogens with zero attached hydrogens (tertiary/aromatic N) is 1. The Balaban J connectivity index is 1.57. The fourth-order valence-corrected chi connectivity index (χ4v) is 3.72. The number of rotatable bonds is 9. The van der Waals surface area contributed by atoms with E-state index in [1.54, 1.807) is 53.4 Å². The summed E-state index contributed by atoms with van der Waals surface area (Å²) in [6.45, 7) is 3.85. The molecule has 2 N–H and O–H groups in total. The molecule has 1 aliphatic heterocycles. The van der Waals surface area contributed by atoms with E-state index >= 15 is 0 Å². The number of nitrogens with one attached hydrogen (secondary N) is 2. The number of carbonyl (C=O) groups excluding carboxylic acids is 4. The molecule has 0 bridgehead atoms. The molecule has 1 fully saturated rings. The molecule has 0 spiro atoms. The van der Waals surface area contributed by atoms with Gasteiger partial charge in [-0.25, -0.2) is 4.79 Å². The molecule has 1 aliphatic rings. The summed E-state index contributed by atoms with van der Waals surface area (Å²) in [5.74, 6) is -1.80. The molecule has 0 unspecified atom stereocenters. The Morgan fingerprint density at radius 3 is 2.53 bits per heavy atom. The highest BCUT2D eigenvalue weighted by atomic mass is 35.5. The Labute approximate surface area is 203 Å². The first kappa shape index (κ1) is 25.2. The maximum absolute atomic E-state index is 12.7. The topological polar surface area (TPSA) is 105 Å². The summed E-state index contributed by atoms with van der Waals surface area (Å²) in [5, 5.41) is 5.87. The highest BCUT2D eigenvalue weighted by Crippen LogP contribution is 2.24. The Hall–Kier alpha value is -3.39. The van der Waals surface area contributed by atoms with Gasteiger partial charge in [0.15, 0.2) is 6.61 Å². The van der Waals surface area contributed by atoms with E-state index in [1.165, 1.54) is 0 Å². The van der Waals surface area contributed by atoms with Gasteiger partial charge in [-0.3, -0.25) is 14.4 Å². The maximum Gasteiger partial charge on any atom is 0.329 e. The van der Waals surface area contributed by atoms with Crippen LogP contribution in [0.4, 0.5) is 11.4 Å². The molecule has 2 atom stereocenters. The number of esters is 1. The molecular formula is C25H28ClN3O5. The van der Waals surface area contributed by atoms with Gasteiger partial charge in [-0.15, -0.1) is 0 Å². The second-order valence-corrected chi connectivity index (χ2v) is 8.64. The summed E-state index contributed by atoms with van der Waals surface area (Å²) < 4.78 is 5.21. The molecule has 0 radical (unpaired) electrons. The number of hydrogen-bond acceptors (Lipinski definition) is 5. The number of hydrogen-bond donors (Lipinski definition) is 2. The van der Waals surface area contributed by atoms with Crippen LogP contribution in [-0.4, -0.2) is 42.9 Å². The van der Waals surface area contributed by atoms with Crippen LogP contribution in [-0.2, 0) is 19.1 Å². The van der Waals surface area contributed by atoms with Gasteiger partial charge >= 0.3 is 5.97 Å². The molecule has 2 aromatic carbocycles. The van der Waals surface area contributed by atoms with E-state index in [-0.39, 0.29) is 11.8 Å². The van der Waals surface area contributed by atoms with Crippen LogP contribution in [0, 0.1) is 5.92 Å². The van der Waals surface area contributed by atoms with E-state index in [4.69, 9.17) is 16.3 Å². The van der Waals surface area contributed by atoms with E-state index in [0.717, 1.165) is 6.42 Å². The molecule has 0 saturated carbocycles. The van der Waals surface area contributed by atoms with E-state index in [2.05, 4.69) is 10.6 Å². The second-order valence-electron chi connectivity index (χ2n) is 8.20. The predicted octanol–water partition coefficient (Wildman–Crippen LogP) is 3.79. The molecule has 0 aromatic heterocycles. The Morgan fingerprint density at radius 1 is 1.15 bits per heavy atom. The van der Waals surface area contributed by atoms with Crippen molar-refractivity contribution in [1.29, 1.82) is 0 Å². The van der Waals surface area contributed by atoms with Crippen LogP contribution >= 0.6 is 11.6 Å². The maximum atomic E-state index is 12.7. The van der Waals surface area contributed by atoms with Gasteiger partial charge < -0.3 is 20.3 Å². The molecule has 1 saturated heterocycles. The first-order valence-electron chi connectivity index (χ1n) is 11.2. The lowest BCUT2D eigenvalue weighted by atomic mass is 9.99. The average Bonchev–Trinajstić information content (AvgIpc) is 3.26. The lowest BCUT2D eigenvalue weighted by Gasteiger charge is -2.22. The van der Waals surface area contributed by atoms with E-state index < -0.39 is 30.4 Å². The summed E-state index contributed by atoms with van der Waals surface area (Å²) in [6, 6.07) is 12.3. The third-order valence-corrected chi connectivity index (χ3v) is 5.97. The van der Waals surface area contributed by atoms with Crippen molar-refractivity contribution in [3.05, 3.63) is 59.1 Å². The van der Waals surface area contributed by atoms with E-state index in [1.807, 2.05) is 13.8 Å². The SMILES string of the molecule is CC[C@H](C)[C@H](NC(=O)c1ccc(Cl)cc1)C(=O)OCC(=O)Nc1cccc(N2CCCC2=O)c1. The monoisotopic (exact) mass is 485 g/mol. The average molecular weight is 486 g/mol. The fourth-order valence-electron chi connectivity index (χ4n) is 3.59. The van der Waals surface area contributed by atoms with Crippen molar-refractivity contribution in [3.63, 3.8) is 0 Å². The molecule has 180 valence electrons. The van der Waals surface area contributed by atoms with Crippen LogP contribution in [0.15, 0.2) is 48.5 Å². The minimum Gasteiger partial charge on any atom is -0.454 e. The Bertz CT molecular complexity index is 1060. The molecular weight excluding hydrogens is 458 g/mol. The van der Waals surface area contributed by atoms with Crippen LogP contribution < -0.4 is 15.5 Å². The zero-order valence-electron chi connectivity index (χ0n) is 19.2. The van der Waals surface area contributed by atoms with Gasteiger partial charge in [-0.2, -0.15) is 0 Å². The number of ether oxygens (including phenoxy) is 1. The number of benzene rings is 2. The van der Waals surface area contributed by atoms with Crippen molar-refractivity contribution in [3.8, 4) is 0 Å². The third-order valence-electron chi connectivity index (χ3n) is 5.72. The smallest absolute Gasteiger partial charge is 0.329 e. The summed E-state index contributed by atoms with van der Waals surface area (Å²) in [6.07, 6.45) is 1.94. The number of halogens is 1. The standard InChI is InChI=1S/C25H28ClN3O5/c1-3-16(2)23(28-24(32)17-9-11-18(26)12-10-17)25(33)34-15-21(30)27-19-6-4-7-20(14-19)29-13-5-8-22(29)31/h4,6-7,9-12,14,16,23H,3,5,8,13,15H2,1-2H3,(H,27,30)(H,28,32)/t16-,23-/m0/s1. The summed E-state index contributed by atoms with van der Waals surface area (Å²) >= 11 is 5.86. The summed E-state index contributed by atoms with van der Waals surface area (Å²) in [4.78, 5) is 51.3. The van der Waals surface area contributed by atoms with Crippen molar-refractivity contribution in [2.75, 3.05) is 23.4 Å². The zero-order chi connectivity index (χ0) is 24.7. The Morgan fingerprint density at radius 2 is 1.88 bits per heavy atom. The fraction of sp³-hybridized carbons (Fsp3) is 0.360. The number of carbonyl (C=O) groups is 4. The zero-order valence-corrected chi connectivity index (χ0v) is 19.9. The van der Waals surface area contributed by atoms with Crippen molar-refractivity contribution in [1.82, 2.24) is 5.32 Å². The van der Waals surface area contributed by atoms with Gasteiger partial charge in [0.25, 0.3) is 11.8 Å². The minimum atomic E-state index is -0.912. The number of anilines is 2. The first-order chi connectivity index (χ1) is 16.3. The minimum absolute atomic E-state index is 0.0501. The lowest BCUT2D eigenvalue weighted by Crippen LogP contribution is -2.46. The molecule has 8 nitrogen and oxygen atoms in total. The van der Waals surface area contributed by atoms with Crippen LogP contribution in [0.5, 0.6) is 0 Å². The quantitative estimate of drug-likeness (QED) is 0.526. The van der Waals surface area contributed by atoms with E-state index in [0.29, 0.717) is 41.3 Å². The highest BCUT2D eigenvalue weighted by Gasteiger charge is 2.28. The van der Waals surface area contributed by atoms with Crippen molar-refractivity contribution in [2.24, 2.45) is 5.92 Å². The van der Waals surface area contributed by atoms with Gasteiger partial charge in [-0.05, 0) is 54.8 Å². The molecule has 9 heteroatoms. The molecule has 34 heavy (non-hydrogen) atoms. The van der Waals surface area contributed by atoms with Crippen molar-refractivity contribution >= 4 is 46.7 Å². The molecule has 2 aromatic rings. The second kappa shape index (κ2) is 11.7. The summed E-state index contributed by atoms with van der Waals surface area (Å²) in [5.41, 5.74) is 1.56. The molecule has 3 rings (SSSR count). The Kier molecular flexibility index (Phi) is 8.65. The largest absolute Gasteiger partial charge is 0.454 e. The predicted molar refractivity (Wildman–Crippen MR) is 130 cm³/mol. The highest BCUT2D eigenvalue weighted by molar-refractivity contribution is 6.30. The number of amides is 3. The van der Waals surface area contributed by atoms with Crippen molar-refractivity contribution in [2.45, 2.75) is 39.2 Å². The third kappa shape index (κ3) is 6.57. The molecule has 3 amide bonds. The molecule has 0 aliphatic carbocycles. The first-order valence-corrected chi connectivity index (χ1v) is 11.6. The van der Waals surface area contributed by atoms with Gasteiger partial charge in [0, 0.05) is 34.9 Å². The van der Waals surface area contributed by atoms with Crippen LogP contribution in [0.2, 0.25) is 5.02 Å². The molecule has 1 heterocycles. The summed E-state index contributed by atoms with van der Waals surface area (Å²) in [7, 11) is 0. The van der Waals surface area contributed by atoms with Gasteiger partial charge in [0.1, 0.15) is 6.04 Å². The van der Waals surface area contributed by atoms with E-state index in [9.17, 15) is 19.2 Å². The van der Waals surface area contributed by atoms with Gasteiger partial charge in [0.05, 0.1) is 0 Å². The normalized spacial score (nSPS) is 14.9. The van der Waals surface area contributed by atoms with Gasteiger partial charge in [-0.1, -0.05) is 37.9 Å². The van der Waals surface area contributed by atoms with Crippen LogP contribution in [0.1, 0.15) is 43.5 Å².